The van der Waals surface area contributed by atoms with Gasteiger partial charge in [0.1, 0.15) is 11.5 Å². The molecule has 8 nitrogen and oxygen atoms in total. The molecule has 2 aromatic carbocycles. The first-order chi connectivity index (χ1) is 13.3. The van der Waals surface area contributed by atoms with Gasteiger partial charge in [0.15, 0.2) is 0 Å². The highest BCUT2D eigenvalue weighted by Gasteiger charge is 2.22. The molecule has 0 radical (unpaired) electrons. The number of hydrogen-bond acceptors (Lipinski definition) is 6. The van der Waals surface area contributed by atoms with Crippen LogP contribution in [0, 0.1) is 6.92 Å². The van der Waals surface area contributed by atoms with Gasteiger partial charge >= 0.3 is 0 Å². The summed E-state index contributed by atoms with van der Waals surface area (Å²) in [5.41, 5.74) is 3.91. The third kappa shape index (κ3) is 5.54. The SMILES string of the molecule is COc1cc(/C=N\NC(=O)CN(C)S(=O)(=O)c2ccc(C)cc2)cc(OC)c1. The Hall–Kier alpha value is -2.91. The normalized spacial score (nSPS) is 11.6. The Morgan fingerprint density at radius 3 is 2.21 bits per heavy atom. The molecule has 0 aliphatic carbocycles. The van der Waals surface area contributed by atoms with Crippen molar-refractivity contribution in [1.82, 2.24) is 9.73 Å². The average Bonchev–Trinajstić information content (AvgIpc) is 2.67. The van der Waals surface area contributed by atoms with Gasteiger partial charge in [0, 0.05) is 18.7 Å². The lowest BCUT2D eigenvalue weighted by Gasteiger charge is -2.16. The van der Waals surface area contributed by atoms with E-state index >= 15 is 0 Å². The predicted octanol–water partition coefficient (Wildman–Crippen LogP) is 1.78. The van der Waals surface area contributed by atoms with Crippen LogP contribution in [0.4, 0.5) is 0 Å². The lowest BCUT2D eigenvalue weighted by Crippen LogP contribution is -2.36. The van der Waals surface area contributed by atoms with Crippen molar-refractivity contribution in [2.75, 3.05) is 27.8 Å². The molecule has 0 spiro atoms. The third-order valence-electron chi connectivity index (χ3n) is 3.87. The van der Waals surface area contributed by atoms with Crippen molar-refractivity contribution >= 4 is 22.1 Å². The Kier molecular flexibility index (Phi) is 7.13. The number of carbonyl (C=O) groups is 1. The fourth-order valence-corrected chi connectivity index (χ4v) is 3.42. The molecule has 0 saturated heterocycles. The minimum atomic E-state index is -3.76. The molecule has 0 unspecified atom stereocenters. The Morgan fingerprint density at radius 1 is 1.11 bits per heavy atom. The molecule has 0 heterocycles. The monoisotopic (exact) mass is 405 g/mol. The number of nitrogens with one attached hydrogen (secondary N) is 1. The zero-order valence-electron chi connectivity index (χ0n) is 16.2. The molecular weight excluding hydrogens is 382 g/mol. The summed E-state index contributed by atoms with van der Waals surface area (Å²) >= 11 is 0. The number of sulfonamides is 1. The van der Waals surface area contributed by atoms with Crippen LogP contribution in [0.2, 0.25) is 0 Å². The van der Waals surface area contributed by atoms with E-state index in [1.165, 1.54) is 39.6 Å². The third-order valence-corrected chi connectivity index (χ3v) is 5.69. The fourth-order valence-electron chi connectivity index (χ4n) is 2.30. The zero-order valence-corrected chi connectivity index (χ0v) is 17.0. The highest BCUT2D eigenvalue weighted by atomic mass is 32.2. The lowest BCUT2D eigenvalue weighted by molar-refractivity contribution is -0.121. The summed E-state index contributed by atoms with van der Waals surface area (Å²) in [5, 5.41) is 3.85. The maximum atomic E-state index is 12.5. The van der Waals surface area contributed by atoms with Gasteiger partial charge in [-0.3, -0.25) is 4.79 Å². The number of nitrogens with zero attached hydrogens (tertiary/aromatic N) is 2. The van der Waals surface area contributed by atoms with Gasteiger partial charge in [-0.2, -0.15) is 9.41 Å². The maximum Gasteiger partial charge on any atom is 0.255 e. The second-order valence-corrected chi connectivity index (χ2v) is 8.06. The van der Waals surface area contributed by atoms with Crippen molar-refractivity contribution in [3.63, 3.8) is 0 Å². The van der Waals surface area contributed by atoms with Crippen LogP contribution < -0.4 is 14.9 Å². The summed E-state index contributed by atoms with van der Waals surface area (Å²) in [6.45, 7) is 1.50. The summed E-state index contributed by atoms with van der Waals surface area (Å²) in [6, 6.07) is 11.6. The van der Waals surface area contributed by atoms with E-state index in [9.17, 15) is 13.2 Å². The number of methoxy groups -OCH3 is 2. The summed E-state index contributed by atoms with van der Waals surface area (Å²) in [4.78, 5) is 12.2. The molecular formula is C19H23N3O5S. The van der Waals surface area contributed by atoms with Crippen LogP contribution in [0.3, 0.4) is 0 Å². The van der Waals surface area contributed by atoms with Crippen molar-refractivity contribution in [1.29, 1.82) is 0 Å². The van der Waals surface area contributed by atoms with E-state index in [0.29, 0.717) is 17.1 Å². The topological polar surface area (TPSA) is 97.3 Å². The molecule has 0 aromatic heterocycles. The van der Waals surface area contributed by atoms with Crippen LogP contribution >= 0.6 is 0 Å². The number of benzene rings is 2. The highest BCUT2D eigenvalue weighted by molar-refractivity contribution is 7.89. The quantitative estimate of drug-likeness (QED) is 0.533. The zero-order chi connectivity index (χ0) is 20.7. The summed E-state index contributed by atoms with van der Waals surface area (Å²) in [7, 11) is 0.639. The van der Waals surface area contributed by atoms with Crippen molar-refractivity contribution in [2.24, 2.45) is 5.10 Å². The number of rotatable bonds is 8. The number of hydrazone groups is 1. The Labute approximate surface area is 164 Å². The van der Waals surface area contributed by atoms with Crippen molar-refractivity contribution in [3.8, 4) is 11.5 Å². The number of ether oxygens (including phenoxy) is 2. The maximum absolute atomic E-state index is 12.5. The molecule has 1 amide bonds. The fraction of sp³-hybridized carbons (Fsp3) is 0.263. The largest absolute Gasteiger partial charge is 0.497 e. The van der Waals surface area contributed by atoms with Crippen LogP contribution in [0.25, 0.3) is 0 Å². The smallest absolute Gasteiger partial charge is 0.255 e. The Bertz CT molecular complexity index is 934. The van der Waals surface area contributed by atoms with Gasteiger partial charge in [0.2, 0.25) is 10.0 Å². The number of carbonyl (C=O) groups excluding carboxylic acids is 1. The van der Waals surface area contributed by atoms with Crippen molar-refractivity contribution < 1.29 is 22.7 Å². The van der Waals surface area contributed by atoms with E-state index in [1.54, 1.807) is 30.3 Å². The first kappa shape index (κ1) is 21.4. The van der Waals surface area contributed by atoms with Crippen LogP contribution in [0.5, 0.6) is 11.5 Å². The van der Waals surface area contributed by atoms with Gasteiger partial charge in [-0.25, -0.2) is 13.8 Å². The average molecular weight is 405 g/mol. The van der Waals surface area contributed by atoms with Crippen LogP contribution in [0.15, 0.2) is 52.5 Å². The van der Waals surface area contributed by atoms with Gasteiger partial charge in [-0.15, -0.1) is 0 Å². The lowest BCUT2D eigenvalue weighted by atomic mass is 10.2. The van der Waals surface area contributed by atoms with Crippen LogP contribution in [0.1, 0.15) is 11.1 Å². The van der Waals surface area contributed by atoms with Crippen molar-refractivity contribution in [2.45, 2.75) is 11.8 Å². The summed E-state index contributed by atoms with van der Waals surface area (Å²) in [6.07, 6.45) is 1.41. The van der Waals surface area contributed by atoms with E-state index in [0.717, 1.165) is 9.87 Å². The van der Waals surface area contributed by atoms with E-state index in [1.807, 2.05) is 6.92 Å². The van der Waals surface area contributed by atoms with E-state index in [2.05, 4.69) is 10.5 Å². The molecule has 150 valence electrons. The number of likely N-dealkylation sites (N-methyl/N-ethyl adjacent to an activating group) is 1. The van der Waals surface area contributed by atoms with Gasteiger partial charge in [0.05, 0.1) is 31.9 Å². The first-order valence-corrected chi connectivity index (χ1v) is 9.78. The molecule has 0 aliphatic rings. The number of hydrogen-bond donors (Lipinski definition) is 1. The molecule has 0 aliphatic heterocycles. The minimum Gasteiger partial charge on any atom is -0.497 e. The Morgan fingerprint density at radius 2 is 1.68 bits per heavy atom. The van der Waals surface area contributed by atoms with Crippen LogP contribution in [-0.4, -0.2) is 52.7 Å². The van der Waals surface area contributed by atoms with Crippen LogP contribution in [-0.2, 0) is 14.8 Å². The highest BCUT2D eigenvalue weighted by Crippen LogP contribution is 2.21. The number of amides is 1. The van der Waals surface area contributed by atoms with Gasteiger partial charge in [-0.05, 0) is 31.2 Å². The predicted molar refractivity (Wildman–Crippen MR) is 106 cm³/mol. The second-order valence-electron chi connectivity index (χ2n) is 6.01. The standard InChI is InChI=1S/C19H23N3O5S/c1-14-5-7-18(8-6-14)28(24,25)22(2)13-19(23)21-20-12-15-9-16(26-3)11-17(10-15)27-4/h5-12H,13H2,1-4H3,(H,21,23)/b20-12-. The molecule has 28 heavy (non-hydrogen) atoms. The number of aryl methyl sites for hydroxylation is 1. The molecule has 0 atom stereocenters. The Balaban J connectivity index is 2.00. The molecule has 2 rings (SSSR count). The van der Waals surface area contributed by atoms with Gasteiger partial charge in [-0.1, -0.05) is 17.7 Å². The summed E-state index contributed by atoms with van der Waals surface area (Å²) in [5.74, 6) is 0.594. The first-order valence-electron chi connectivity index (χ1n) is 8.34. The molecule has 0 saturated carbocycles. The van der Waals surface area contributed by atoms with E-state index < -0.39 is 15.9 Å². The van der Waals surface area contributed by atoms with Gasteiger partial charge in [0.25, 0.3) is 5.91 Å². The molecule has 0 fully saturated rings. The molecule has 0 bridgehead atoms. The van der Waals surface area contributed by atoms with Crippen molar-refractivity contribution in [3.05, 3.63) is 53.6 Å². The summed E-state index contributed by atoms with van der Waals surface area (Å²) < 4.78 is 36.3. The molecule has 9 heteroatoms. The van der Waals surface area contributed by atoms with Gasteiger partial charge < -0.3 is 9.47 Å². The second kappa shape index (κ2) is 9.34. The molecule has 1 N–H and O–H groups in total. The molecule has 2 aromatic rings. The van der Waals surface area contributed by atoms with E-state index in [4.69, 9.17) is 9.47 Å². The van der Waals surface area contributed by atoms with E-state index in [-0.39, 0.29) is 11.4 Å². The minimum absolute atomic E-state index is 0.125.